The fourth-order valence-electron chi connectivity index (χ4n) is 2.28. The van der Waals surface area contributed by atoms with Gasteiger partial charge >= 0.3 is 12.1 Å². The van der Waals surface area contributed by atoms with E-state index in [0.717, 1.165) is 12.1 Å². The third kappa shape index (κ3) is 3.65. The lowest BCUT2D eigenvalue weighted by atomic mass is 10.1. The zero-order chi connectivity index (χ0) is 18.0. The first-order valence-corrected chi connectivity index (χ1v) is 7.19. The summed E-state index contributed by atoms with van der Waals surface area (Å²) in [6, 6.07) is 12.3. The van der Waals surface area contributed by atoms with Gasteiger partial charge < -0.3 is 5.11 Å². The van der Waals surface area contributed by atoms with Crippen molar-refractivity contribution in [3.05, 3.63) is 71.9 Å². The minimum atomic E-state index is -4.43. The molecule has 25 heavy (non-hydrogen) atoms. The zero-order valence-corrected chi connectivity index (χ0v) is 12.7. The Balaban J connectivity index is 1.98. The van der Waals surface area contributed by atoms with Gasteiger partial charge in [0.1, 0.15) is 0 Å². The van der Waals surface area contributed by atoms with Crippen LogP contribution >= 0.6 is 0 Å². The Labute approximate surface area is 140 Å². The number of aromatic carboxylic acids is 1. The van der Waals surface area contributed by atoms with Crippen LogP contribution in [0.2, 0.25) is 0 Å². The van der Waals surface area contributed by atoms with Gasteiger partial charge in [-0.3, -0.25) is 0 Å². The normalized spacial score (nSPS) is 11.3. The molecular weight excluding hydrogens is 333 g/mol. The van der Waals surface area contributed by atoms with E-state index in [2.05, 4.69) is 9.97 Å². The van der Waals surface area contributed by atoms with Gasteiger partial charge in [0, 0.05) is 17.3 Å². The van der Waals surface area contributed by atoms with Crippen LogP contribution < -0.4 is 0 Å². The molecule has 0 amide bonds. The maximum absolute atomic E-state index is 12.9. The van der Waals surface area contributed by atoms with E-state index in [9.17, 15) is 18.0 Å². The minimum absolute atomic E-state index is 0.123. The van der Waals surface area contributed by atoms with Gasteiger partial charge in [0.25, 0.3) is 0 Å². The first-order valence-electron chi connectivity index (χ1n) is 7.19. The summed E-state index contributed by atoms with van der Waals surface area (Å²) in [5.74, 6) is -0.753. The van der Waals surface area contributed by atoms with Gasteiger partial charge in [0.15, 0.2) is 5.82 Å². The van der Waals surface area contributed by atoms with Crippen molar-refractivity contribution in [1.82, 2.24) is 9.97 Å². The highest BCUT2D eigenvalue weighted by atomic mass is 19.4. The number of rotatable bonds is 3. The Hall–Kier alpha value is -3.22. The second-order valence-corrected chi connectivity index (χ2v) is 5.23. The van der Waals surface area contributed by atoms with E-state index in [-0.39, 0.29) is 5.56 Å². The first kappa shape index (κ1) is 16.6. The smallest absolute Gasteiger partial charge is 0.416 e. The van der Waals surface area contributed by atoms with Gasteiger partial charge in [0.05, 0.1) is 16.8 Å². The lowest BCUT2D eigenvalue weighted by Crippen LogP contribution is -2.04. The fourth-order valence-corrected chi connectivity index (χ4v) is 2.28. The maximum Gasteiger partial charge on any atom is 0.416 e. The molecule has 0 aliphatic carbocycles. The second-order valence-electron chi connectivity index (χ2n) is 5.23. The maximum atomic E-state index is 12.9. The van der Waals surface area contributed by atoms with E-state index in [4.69, 9.17) is 5.11 Å². The van der Waals surface area contributed by atoms with Gasteiger partial charge in [-0.2, -0.15) is 13.2 Å². The molecule has 0 spiro atoms. The molecule has 0 atom stereocenters. The predicted molar refractivity (Wildman–Crippen MR) is 84.9 cm³/mol. The summed E-state index contributed by atoms with van der Waals surface area (Å²) in [7, 11) is 0. The highest BCUT2D eigenvalue weighted by Crippen LogP contribution is 2.32. The van der Waals surface area contributed by atoms with Crippen molar-refractivity contribution >= 4 is 5.97 Å². The summed E-state index contributed by atoms with van der Waals surface area (Å²) in [6.07, 6.45) is -2.98. The molecule has 0 aliphatic heterocycles. The quantitative estimate of drug-likeness (QED) is 0.758. The Bertz CT molecular complexity index is 922. The van der Waals surface area contributed by atoms with Crippen LogP contribution in [0.1, 0.15) is 15.9 Å². The van der Waals surface area contributed by atoms with E-state index in [0.29, 0.717) is 22.6 Å². The molecule has 2 aromatic carbocycles. The van der Waals surface area contributed by atoms with Gasteiger partial charge in [0.2, 0.25) is 0 Å². The first-order chi connectivity index (χ1) is 11.8. The average Bonchev–Trinajstić information content (AvgIpc) is 2.61. The predicted octanol–water partition coefficient (Wildman–Crippen LogP) is 4.53. The number of halogens is 3. The number of carboxylic acid groups (broad SMARTS) is 1. The van der Waals surface area contributed by atoms with Gasteiger partial charge in [-0.1, -0.05) is 24.3 Å². The molecule has 0 fully saturated rings. The Kier molecular flexibility index (Phi) is 4.22. The van der Waals surface area contributed by atoms with Crippen molar-refractivity contribution in [3.8, 4) is 22.6 Å². The molecule has 7 heteroatoms. The van der Waals surface area contributed by atoms with Crippen LogP contribution in [0.25, 0.3) is 22.6 Å². The van der Waals surface area contributed by atoms with Crippen LogP contribution in [0.5, 0.6) is 0 Å². The van der Waals surface area contributed by atoms with Crippen LogP contribution in [0, 0.1) is 0 Å². The monoisotopic (exact) mass is 344 g/mol. The van der Waals surface area contributed by atoms with Crippen molar-refractivity contribution in [2.75, 3.05) is 0 Å². The van der Waals surface area contributed by atoms with Crippen molar-refractivity contribution < 1.29 is 23.1 Å². The van der Waals surface area contributed by atoms with Crippen LogP contribution in [-0.4, -0.2) is 21.0 Å². The summed E-state index contributed by atoms with van der Waals surface area (Å²) in [5.41, 5.74) is 0.603. The highest BCUT2D eigenvalue weighted by molar-refractivity contribution is 5.88. The number of carbonyl (C=O) groups is 1. The molecule has 0 saturated carbocycles. The Morgan fingerprint density at radius 1 is 0.960 bits per heavy atom. The average molecular weight is 344 g/mol. The zero-order valence-electron chi connectivity index (χ0n) is 12.7. The number of hydrogen-bond donors (Lipinski definition) is 1. The Morgan fingerprint density at radius 2 is 1.68 bits per heavy atom. The van der Waals surface area contributed by atoms with Crippen molar-refractivity contribution in [2.45, 2.75) is 6.18 Å². The van der Waals surface area contributed by atoms with Crippen molar-refractivity contribution in [3.63, 3.8) is 0 Å². The molecule has 1 aromatic heterocycles. The Morgan fingerprint density at radius 3 is 2.32 bits per heavy atom. The van der Waals surface area contributed by atoms with Gasteiger partial charge in [-0.15, -0.1) is 0 Å². The summed E-state index contributed by atoms with van der Waals surface area (Å²) in [4.78, 5) is 19.3. The fraction of sp³-hybridized carbons (Fsp3) is 0.0556. The molecule has 1 heterocycles. The largest absolute Gasteiger partial charge is 0.478 e. The summed E-state index contributed by atoms with van der Waals surface area (Å²) in [6.45, 7) is 0. The molecular formula is C18H11F3N2O2. The minimum Gasteiger partial charge on any atom is -0.478 e. The third-order valence-electron chi connectivity index (χ3n) is 3.53. The molecule has 3 aromatic rings. The number of alkyl halides is 3. The topological polar surface area (TPSA) is 63.1 Å². The summed E-state index contributed by atoms with van der Waals surface area (Å²) in [5, 5.41) is 8.91. The molecule has 3 rings (SSSR count). The molecule has 4 nitrogen and oxygen atoms in total. The second kappa shape index (κ2) is 6.35. The van der Waals surface area contributed by atoms with Crippen LogP contribution in [0.3, 0.4) is 0 Å². The standard InChI is InChI=1S/C18H11F3N2O2/c19-18(20,21)14-3-1-2-13(10-14)15-8-9-22-16(23-15)11-4-6-12(7-5-11)17(24)25/h1-10H,(H,24,25). The van der Waals surface area contributed by atoms with Crippen LogP contribution in [0.15, 0.2) is 60.8 Å². The van der Waals surface area contributed by atoms with E-state index in [1.165, 1.54) is 36.5 Å². The van der Waals surface area contributed by atoms with Crippen molar-refractivity contribution in [1.29, 1.82) is 0 Å². The number of aromatic nitrogens is 2. The summed E-state index contributed by atoms with van der Waals surface area (Å²) < 4.78 is 38.6. The molecule has 126 valence electrons. The molecule has 0 saturated heterocycles. The molecule has 0 aliphatic rings. The van der Waals surface area contributed by atoms with E-state index in [1.807, 2.05) is 0 Å². The van der Waals surface area contributed by atoms with Crippen LogP contribution in [-0.2, 0) is 6.18 Å². The lowest BCUT2D eigenvalue weighted by molar-refractivity contribution is -0.137. The molecule has 1 N–H and O–H groups in total. The van der Waals surface area contributed by atoms with Gasteiger partial charge in [-0.05, 0) is 30.3 Å². The number of nitrogens with zero attached hydrogens (tertiary/aromatic N) is 2. The van der Waals surface area contributed by atoms with Crippen molar-refractivity contribution in [2.24, 2.45) is 0 Å². The van der Waals surface area contributed by atoms with E-state index >= 15 is 0 Å². The number of hydrogen-bond acceptors (Lipinski definition) is 3. The van der Waals surface area contributed by atoms with E-state index < -0.39 is 17.7 Å². The number of benzene rings is 2. The molecule has 0 radical (unpaired) electrons. The highest BCUT2D eigenvalue weighted by Gasteiger charge is 2.30. The van der Waals surface area contributed by atoms with Crippen LogP contribution in [0.4, 0.5) is 13.2 Å². The number of carboxylic acids is 1. The van der Waals surface area contributed by atoms with Gasteiger partial charge in [-0.25, -0.2) is 14.8 Å². The lowest BCUT2D eigenvalue weighted by Gasteiger charge is -2.09. The van der Waals surface area contributed by atoms with E-state index in [1.54, 1.807) is 12.1 Å². The molecule has 0 unspecified atom stereocenters. The summed E-state index contributed by atoms with van der Waals surface area (Å²) >= 11 is 0. The molecule has 0 bridgehead atoms. The third-order valence-corrected chi connectivity index (χ3v) is 3.53. The SMILES string of the molecule is O=C(O)c1ccc(-c2nccc(-c3cccc(C(F)(F)F)c3)n2)cc1.